The van der Waals surface area contributed by atoms with E-state index in [4.69, 9.17) is 0 Å². The monoisotopic (exact) mass is 266 g/mol. The molecule has 1 amide bonds. The van der Waals surface area contributed by atoms with E-state index in [0.717, 1.165) is 26.1 Å². The molecule has 19 heavy (non-hydrogen) atoms. The fraction of sp³-hybridized carbons (Fsp3) is 0.938. The molecule has 2 N–H and O–H groups in total. The standard InChI is InChI=1S/C16H30N2O/c1-15(2)13(16(15,3)4)11-18-14(19)8-7-12-6-5-9-17-10-12/h12-13,17H,5-11H2,1-4H3,(H,18,19). The first-order valence-corrected chi connectivity index (χ1v) is 7.83. The number of nitrogens with one attached hydrogen (secondary N) is 2. The molecule has 3 heteroatoms. The van der Waals surface area contributed by atoms with Gasteiger partial charge in [0.25, 0.3) is 0 Å². The molecule has 1 aliphatic heterocycles. The number of amides is 1. The van der Waals surface area contributed by atoms with Gasteiger partial charge in [0.1, 0.15) is 0 Å². The van der Waals surface area contributed by atoms with E-state index in [1.54, 1.807) is 0 Å². The van der Waals surface area contributed by atoms with Crippen molar-refractivity contribution in [3.63, 3.8) is 0 Å². The molecule has 1 saturated carbocycles. The highest BCUT2D eigenvalue weighted by molar-refractivity contribution is 5.75. The molecule has 2 fully saturated rings. The predicted molar refractivity (Wildman–Crippen MR) is 78.9 cm³/mol. The van der Waals surface area contributed by atoms with Crippen LogP contribution in [0.4, 0.5) is 0 Å². The van der Waals surface area contributed by atoms with Crippen molar-refractivity contribution >= 4 is 5.91 Å². The Bertz CT molecular complexity index is 316. The van der Waals surface area contributed by atoms with Crippen molar-refractivity contribution < 1.29 is 4.79 Å². The van der Waals surface area contributed by atoms with Gasteiger partial charge in [-0.3, -0.25) is 4.79 Å². The van der Waals surface area contributed by atoms with Crippen molar-refractivity contribution in [2.45, 2.75) is 53.4 Å². The lowest BCUT2D eigenvalue weighted by molar-refractivity contribution is -0.121. The van der Waals surface area contributed by atoms with Gasteiger partial charge >= 0.3 is 0 Å². The van der Waals surface area contributed by atoms with Crippen molar-refractivity contribution in [3.8, 4) is 0 Å². The highest BCUT2D eigenvalue weighted by Crippen LogP contribution is 2.67. The summed E-state index contributed by atoms with van der Waals surface area (Å²) in [5, 5.41) is 6.54. The van der Waals surface area contributed by atoms with Crippen molar-refractivity contribution in [2.24, 2.45) is 22.7 Å². The average molecular weight is 266 g/mol. The third-order valence-electron chi connectivity index (χ3n) is 6.00. The summed E-state index contributed by atoms with van der Waals surface area (Å²) in [6.07, 6.45) is 4.27. The van der Waals surface area contributed by atoms with Gasteiger partial charge in [-0.2, -0.15) is 0 Å². The number of carbonyl (C=O) groups is 1. The van der Waals surface area contributed by atoms with E-state index < -0.39 is 0 Å². The summed E-state index contributed by atoms with van der Waals surface area (Å²) in [4.78, 5) is 11.9. The number of carbonyl (C=O) groups excluding carboxylic acids is 1. The molecule has 2 aliphatic rings. The maximum Gasteiger partial charge on any atom is 0.220 e. The zero-order chi connectivity index (χ0) is 14.1. The Balaban J connectivity index is 1.63. The number of hydrogen-bond acceptors (Lipinski definition) is 2. The van der Waals surface area contributed by atoms with E-state index in [-0.39, 0.29) is 5.91 Å². The largest absolute Gasteiger partial charge is 0.356 e. The smallest absolute Gasteiger partial charge is 0.220 e. The second-order valence-corrected chi connectivity index (χ2v) is 7.55. The van der Waals surface area contributed by atoms with Crippen LogP contribution >= 0.6 is 0 Å². The zero-order valence-corrected chi connectivity index (χ0v) is 13.0. The van der Waals surface area contributed by atoms with Crippen LogP contribution in [0.3, 0.4) is 0 Å². The fourth-order valence-corrected chi connectivity index (χ4v) is 3.65. The van der Waals surface area contributed by atoms with Gasteiger partial charge in [-0.25, -0.2) is 0 Å². The Morgan fingerprint density at radius 3 is 2.47 bits per heavy atom. The maximum absolute atomic E-state index is 11.9. The van der Waals surface area contributed by atoms with Crippen LogP contribution in [0.5, 0.6) is 0 Å². The molecule has 0 bridgehead atoms. The first-order chi connectivity index (χ1) is 8.85. The molecule has 0 aromatic heterocycles. The lowest BCUT2D eigenvalue weighted by Crippen LogP contribution is -2.32. The average Bonchev–Trinajstić information content (AvgIpc) is 2.76. The first kappa shape index (κ1) is 14.8. The molecular formula is C16H30N2O. The molecule has 1 atom stereocenters. The Hall–Kier alpha value is -0.570. The van der Waals surface area contributed by atoms with Crippen LogP contribution in [0.1, 0.15) is 53.4 Å². The van der Waals surface area contributed by atoms with Crippen LogP contribution in [-0.4, -0.2) is 25.5 Å². The van der Waals surface area contributed by atoms with Gasteiger partial charge in [0.2, 0.25) is 5.91 Å². The molecule has 1 unspecified atom stereocenters. The molecule has 0 aromatic rings. The molecule has 1 heterocycles. The molecule has 1 aliphatic carbocycles. The summed E-state index contributed by atoms with van der Waals surface area (Å²) in [7, 11) is 0. The van der Waals surface area contributed by atoms with Gasteiger partial charge in [-0.05, 0) is 55.0 Å². The number of hydrogen-bond donors (Lipinski definition) is 2. The summed E-state index contributed by atoms with van der Waals surface area (Å²) in [6, 6.07) is 0. The number of piperidine rings is 1. The van der Waals surface area contributed by atoms with Gasteiger partial charge in [0, 0.05) is 13.0 Å². The Labute approximate surface area is 117 Å². The molecule has 0 aromatic carbocycles. The van der Waals surface area contributed by atoms with Crippen LogP contribution in [-0.2, 0) is 4.79 Å². The van der Waals surface area contributed by atoms with Gasteiger partial charge < -0.3 is 10.6 Å². The lowest BCUT2D eigenvalue weighted by Gasteiger charge is -2.22. The number of rotatable bonds is 5. The third kappa shape index (κ3) is 3.13. The topological polar surface area (TPSA) is 41.1 Å². The molecule has 3 nitrogen and oxygen atoms in total. The van der Waals surface area contributed by atoms with E-state index in [1.165, 1.54) is 12.8 Å². The van der Waals surface area contributed by atoms with Gasteiger partial charge in [0.15, 0.2) is 0 Å². The highest BCUT2D eigenvalue weighted by atomic mass is 16.1. The quantitative estimate of drug-likeness (QED) is 0.803. The minimum absolute atomic E-state index is 0.240. The van der Waals surface area contributed by atoms with Crippen LogP contribution in [0.2, 0.25) is 0 Å². The SMILES string of the molecule is CC1(C)C(CNC(=O)CCC2CCCNC2)C1(C)C. The third-order valence-corrected chi connectivity index (χ3v) is 6.00. The van der Waals surface area contributed by atoms with Crippen LogP contribution < -0.4 is 10.6 Å². The molecule has 110 valence electrons. The molecule has 0 radical (unpaired) electrons. The predicted octanol–water partition coefficient (Wildman–Crippen LogP) is 2.56. The van der Waals surface area contributed by atoms with Crippen LogP contribution in [0.15, 0.2) is 0 Å². The summed E-state index contributed by atoms with van der Waals surface area (Å²) in [6.45, 7) is 12.3. The second-order valence-electron chi connectivity index (χ2n) is 7.55. The zero-order valence-electron chi connectivity index (χ0n) is 13.0. The van der Waals surface area contributed by atoms with Gasteiger partial charge in [-0.15, -0.1) is 0 Å². The molecule has 0 spiro atoms. The molecule has 1 saturated heterocycles. The van der Waals surface area contributed by atoms with Gasteiger partial charge in [-0.1, -0.05) is 27.7 Å². The van der Waals surface area contributed by atoms with E-state index in [2.05, 4.69) is 38.3 Å². The van der Waals surface area contributed by atoms with Crippen molar-refractivity contribution in [1.29, 1.82) is 0 Å². The fourth-order valence-electron chi connectivity index (χ4n) is 3.65. The first-order valence-electron chi connectivity index (χ1n) is 7.83. The van der Waals surface area contributed by atoms with E-state index >= 15 is 0 Å². The summed E-state index contributed by atoms with van der Waals surface area (Å²) in [5.41, 5.74) is 0.737. The Kier molecular flexibility index (Phi) is 4.24. The summed E-state index contributed by atoms with van der Waals surface area (Å²) < 4.78 is 0. The normalized spacial score (nSPS) is 28.9. The van der Waals surface area contributed by atoms with E-state index in [9.17, 15) is 4.79 Å². The summed E-state index contributed by atoms with van der Waals surface area (Å²) >= 11 is 0. The van der Waals surface area contributed by atoms with Crippen LogP contribution in [0, 0.1) is 22.7 Å². The van der Waals surface area contributed by atoms with Crippen molar-refractivity contribution in [3.05, 3.63) is 0 Å². The van der Waals surface area contributed by atoms with E-state index in [0.29, 0.717) is 29.1 Å². The minimum Gasteiger partial charge on any atom is -0.356 e. The maximum atomic E-state index is 11.9. The minimum atomic E-state index is 0.240. The van der Waals surface area contributed by atoms with Gasteiger partial charge in [0.05, 0.1) is 0 Å². The van der Waals surface area contributed by atoms with Crippen molar-refractivity contribution in [2.75, 3.05) is 19.6 Å². The van der Waals surface area contributed by atoms with Crippen molar-refractivity contribution in [1.82, 2.24) is 10.6 Å². The Morgan fingerprint density at radius 1 is 1.26 bits per heavy atom. The van der Waals surface area contributed by atoms with Crippen LogP contribution in [0.25, 0.3) is 0 Å². The highest BCUT2D eigenvalue weighted by Gasteiger charge is 2.64. The second kappa shape index (κ2) is 5.43. The molecular weight excluding hydrogens is 236 g/mol. The summed E-state index contributed by atoms with van der Waals surface area (Å²) in [5.74, 6) is 1.57. The Morgan fingerprint density at radius 2 is 1.95 bits per heavy atom. The van der Waals surface area contributed by atoms with E-state index in [1.807, 2.05) is 0 Å². The lowest BCUT2D eigenvalue weighted by atomic mass is 9.94. The molecule has 2 rings (SSSR count).